The van der Waals surface area contributed by atoms with Gasteiger partial charge in [0.15, 0.2) is 0 Å². The second-order valence-corrected chi connectivity index (χ2v) is 3.45. The smallest absolute Gasteiger partial charge is 0.275 e. The van der Waals surface area contributed by atoms with E-state index in [0.717, 1.165) is 12.1 Å². The van der Waals surface area contributed by atoms with Gasteiger partial charge in [0.05, 0.1) is 11.3 Å². The lowest BCUT2D eigenvalue weighted by atomic mass is 10.1. The van der Waals surface area contributed by atoms with Crippen LogP contribution in [0.2, 0.25) is 0 Å². The fourth-order valence-electron chi connectivity index (χ4n) is 1.42. The van der Waals surface area contributed by atoms with Crippen molar-refractivity contribution in [2.24, 2.45) is 7.05 Å². The van der Waals surface area contributed by atoms with E-state index in [1.54, 1.807) is 30.1 Å². The van der Waals surface area contributed by atoms with Gasteiger partial charge in [0.1, 0.15) is 0 Å². The Morgan fingerprint density at radius 2 is 1.94 bits per heavy atom. The van der Waals surface area contributed by atoms with E-state index in [4.69, 9.17) is 0 Å². The van der Waals surface area contributed by atoms with Gasteiger partial charge in [0, 0.05) is 18.8 Å². The maximum atomic E-state index is 12.5. The molecule has 1 aromatic heterocycles. The molecule has 1 aromatic carbocycles. The van der Waals surface area contributed by atoms with Crippen molar-refractivity contribution in [2.75, 3.05) is 0 Å². The van der Waals surface area contributed by atoms with E-state index < -0.39 is 11.7 Å². The summed E-state index contributed by atoms with van der Waals surface area (Å²) in [5.74, 6) is 0. The SMILES string of the molecule is Cn1ccc(-c2cccc(C(F)(F)F)c2)n1. The highest BCUT2D eigenvalue weighted by Gasteiger charge is 2.30. The van der Waals surface area contributed by atoms with E-state index in [9.17, 15) is 13.2 Å². The van der Waals surface area contributed by atoms with Gasteiger partial charge in [-0.1, -0.05) is 12.1 Å². The van der Waals surface area contributed by atoms with Crippen molar-refractivity contribution in [1.82, 2.24) is 9.78 Å². The third-order valence-electron chi connectivity index (χ3n) is 2.20. The summed E-state index contributed by atoms with van der Waals surface area (Å²) in [6.07, 6.45) is -2.62. The molecule has 2 rings (SSSR count). The fourth-order valence-corrected chi connectivity index (χ4v) is 1.42. The van der Waals surface area contributed by atoms with E-state index in [1.165, 1.54) is 6.07 Å². The molecular weight excluding hydrogens is 217 g/mol. The van der Waals surface area contributed by atoms with Crippen LogP contribution in [0.5, 0.6) is 0 Å². The van der Waals surface area contributed by atoms with Crippen LogP contribution in [0.1, 0.15) is 5.56 Å². The number of aromatic nitrogens is 2. The molecule has 0 unspecified atom stereocenters. The first kappa shape index (κ1) is 10.7. The molecule has 1 heterocycles. The minimum absolute atomic E-state index is 0.468. The van der Waals surface area contributed by atoms with Crippen LogP contribution in [-0.4, -0.2) is 9.78 Å². The maximum absolute atomic E-state index is 12.5. The van der Waals surface area contributed by atoms with E-state index in [-0.39, 0.29) is 0 Å². The van der Waals surface area contributed by atoms with Gasteiger partial charge in [0.25, 0.3) is 0 Å². The Balaban J connectivity index is 2.44. The molecule has 0 N–H and O–H groups in total. The maximum Gasteiger partial charge on any atom is 0.416 e. The molecule has 0 atom stereocenters. The minimum atomic E-state index is -4.31. The molecule has 0 spiro atoms. The van der Waals surface area contributed by atoms with Crippen LogP contribution in [0.3, 0.4) is 0 Å². The van der Waals surface area contributed by atoms with E-state index >= 15 is 0 Å². The zero-order valence-electron chi connectivity index (χ0n) is 8.49. The van der Waals surface area contributed by atoms with Crippen LogP contribution in [-0.2, 0) is 13.2 Å². The molecule has 0 radical (unpaired) electrons. The number of aryl methyl sites for hydroxylation is 1. The lowest BCUT2D eigenvalue weighted by Gasteiger charge is -2.07. The number of alkyl halides is 3. The van der Waals surface area contributed by atoms with Crippen molar-refractivity contribution < 1.29 is 13.2 Å². The summed E-state index contributed by atoms with van der Waals surface area (Å²) in [5.41, 5.74) is 0.347. The summed E-state index contributed by atoms with van der Waals surface area (Å²) in [6, 6.07) is 6.81. The molecule has 0 fully saturated rings. The number of benzene rings is 1. The Hall–Kier alpha value is -1.78. The second kappa shape index (κ2) is 3.66. The lowest BCUT2D eigenvalue weighted by Crippen LogP contribution is -2.04. The van der Waals surface area contributed by atoms with Crippen LogP contribution in [0, 0.1) is 0 Å². The number of halogens is 3. The first-order valence-corrected chi connectivity index (χ1v) is 4.64. The van der Waals surface area contributed by atoms with E-state index in [0.29, 0.717) is 11.3 Å². The average molecular weight is 226 g/mol. The summed E-state index contributed by atoms with van der Waals surface area (Å²) in [5, 5.41) is 4.05. The summed E-state index contributed by atoms with van der Waals surface area (Å²) < 4.78 is 38.9. The van der Waals surface area contributed by atoms with Gasteiger partial charge in [-0.25, -0.2) is 0 Å². The fraction of sp³-hybridized carbons (Fsp3) is 0.182. The van der Waals surface area contributed by atoms with E-state index in [1.807, 2.05) is 0 Å². The molecule has 2 aromatic rings. The Bertz CT molecular complexity index is 500. The van der Waals surface area contributed by atoms with Crippen LogP contribution in [0.15, 0.2) is 36.5 Å². The highest BCUT2D eigenvalue weighted by molar-refractivity contribution is 5.59. The van der Waals surface area contributed by atoms with Crippen molar-refractivity contribution in [3.8, 4) is 11.3 Å². The molecule has 0 amide bonds. The monoisotopic (exact) mass is 226 g/mol. The van der Waals surface area contributed by atoms with Gasteiger partial charge < -0.3 is 0 Å². The molecule has 84 valence electrons. The predicted molar refractivity (Wildman–Crippen MR) is 53.6 cm³/mol. The second-order valence-electron chi connectivity index (χ2n) is 3.45. The molecule has 0 aliphatic carbocycles. The number of hydrogen-bond donors (Lipinski definition) is 0. The molecule has 0 saturated heterocycles. The molecule has 2 nitrogen and oxygen atoms in total. The van der Waals surface area contributed by atoms with Crippen LogP contribution in [0.25, 0.3) is 11.3 Å². The van der Waals surface area contributed by atoms with Crippen molar-refractivity contribution in [1.29, 1.82) is 0 Å². The number of rotatable bonds is 1. The molecular formula is C11H9F3N2. The Morgan fingerprint density at radius 3 is 2.50 bits per heavy atom. The van der Waals surface area contributed by atoms with Crippen LogP contribution in [0.4, 0.5) is 13.2 Å². The molecule has 0 saturated carbocycles. The van der Waals surface area contributed by atoms with E-state index in [2.05, 4.69) is 5.10 Å². The zero-order valence-corrected chi connectivity index (χ0v) is 8.49. The highest BCUT2D eigenvalue weighted by atomic mass is 19.4. The largest absolute Gasteiger partial charge is 0.416 e. The quantitative estimate of drug-likeness (QED) is 0.730. The number of nitrogens with zero attached hydrogens (tertiary/aromatic N) is 2. The van der Waals surface area contributed by atoms with Gasteiger partial charge >= 0.3 is 6.18 Å². The predicted octanol–water partition coefficient (Wildman–Crippen LogP) is 3.11. The van der Waals surface area contributed by atoms with Gasteiger partial charge in [-0.05, 0) is 18.2 Å². The minimum Gasteiger partial charge on any atom is -0.275 e. The third-order valence-corrected chi connectivity index (χ3v) is 2.20. The van der Waals surface area contributed by atoms with Crippen molar-refractivity contribution in [3.63, 3.8) is 0 Å². The Labute approximate surface area is 90.3 Å². The van der Waals surface area contributed by atoms with Crippen molar-refractivity contribution >= 4 is 0 Å². The topological polar surface area (TPSA) is 17.8 Å². The molecule has 5 heteroatoms. The average Bonchev–Trinajstić information content (AvgIpc) is 2.64. The first-order valence-electron chi connectivity index (χ1n) is 4.64. The van der Waals surface area contributed by atoms with Crippen LogP contribution >= 0.6 is 0 Å². The van der Waals surface area contributed by atoms with Gasteiger partial charge in [-0.15, -0.1) is 0 Å². The van der Waals surface area contributed by atoms with Gasteiger partial charge in [0.2, 0.25) is 0 Å². The van der Waals surface area contributed by atoms with Gasteiger partial charge in [-0.3, -0.25) is 4.68 Å². The van der Waals surface area contributed by atoms with Crippen molar-refractivity contribution in [2.45, 2.75) is 6.18 Å². The molecule has 16 heavy (non-hydrogen) atoms. The molecule has 0 bridgehead atoms. The summed E-state index contributed by atoms with van der Waals surface area (Å²) in [4.78, 5) is 0. The Morgan fingerprint density at radius 1 is 1.19 bits per heavy atom. The van der Waals surface area contributed by atoms with Gasteiger partial charge in [-0.2, -0.15) is 18.3 Å². The zero-order chi connectivity index (χ0) is 11.8. The highest BCUT2D eigenvalue weighted by Crippen LogP contribution is 2.31. The number of hydrogen-bond acceptors (Lipinski definition) is 1. The molecule has 0 aliphatic heterocycles. The first-order chi connectivity index (χ1) is 7.47. The summed E-state index contributed by atoms with van der Waals surface area (Å²) in [7, 11) is 1.72. The third kappa shape index (κ3) is 2.08. The van der Waals surface area contributed by atoms with Crippen LogP contribution < -0.4 is 0 Å². The standard InChI is InChI=1S/C11H9F3N2/c1-16-6-5-10(15-16)8-3-2-4-9(7-8)11(12,13)14/h2-7H,1H3. The molecule has 0 aliphatic rings. The lowest BCUT2D eigenvalue weighted by molar-refractivity contribution is -0.137. The summed E-state index contributed by atoms with van der Waals surface area (Å²) >= 11 is 0. The normalized spacial score (nSPS) is 11.8. The Kier molecular flexibility index (Phi) is 2.46. The van der Waals surface area contributed by atoms with Crippen molar-refractivity contribution in [3.05, 3.63) is 42.1 Å². The summed E-state index contributed by atoms with van der Waals surface area (Å²) in [6.45, 7) is 0.